The van der Waals surface area contributed by atoms with Gasteiger partial charge in [0.15, 0.2) is 6.61 Å². The number of rotatable bonds is 8. The highest BCUT2D eigenvalue weighted by Crippen LogP contribution is 2.38. The van der Waals surface area contributed by atoms with E-state index in [1.54, 1.807) is 0 Å². The largest absolute Gasteiger partial charge is 0.484 e. The van der Waals surface area contributed by atoms with Gasteiger partial charge in [0.1, 0.15) is 5.75 Å². The van der Waals surface area contributed by atoms with Crippen LogP contribution in [0.4, 0.5) is 0 Å². The molecule has 0 spiro atoms. The van der Waals surface area contributed by atoms with Gasteiger partial charge in [-0.1, -0.05) is 80.1 Å². The maximum Gasteiger partial charge on any atom is 0.258 e. The predicted molar refractivity (Wildman–Crippen MR) is 138 cm³/mol. The van der Waals surface area contributed by atoms with Crippen molar-refractivity contribution in [3.8, 4) is 5.75 Å². The maximum atomic E-state index is 13.2. The standard InChI is InChI=1S/C30H34N2O3/c1-21(2)17-29(34)32-16-15-24-13-14-26(18-27(24)30(32)25-11-9-22(3)10-12-25)35-20-28(33)31-19-23-7-5-4-6-8-23/h4-14,18,21,30H,15-17,19-20H2,1-3H3,(H,31,33)/t30-/m1/s1. The summed E-state index contributed by atoms with van der Waals surface area (Å²) in [5.41, 5.74) is 5.60. The van der Waals surface area contributed by atoms with Crippen LogP contribution in [-0.2, 0) is 22.6 Å². The Labute approximate surface area is 208 Å². The van der Waals surface area contributed by atoms with Crippen molar-refractivity contribution < 1.29 is 14.3 Å². The quantitative estimate of drug-likeness (QED) is 0.492. The van der Waals surface area contributed by atoms with Gasteiger partial charge in [0, 0.05) is 19.5 Å². The molecular weight excluding hydrogens is 436 g/mol. The van der Waals surface area contributed by atoms with Crippen LogP contribution in [0.15, 0.2) is 72.8 Å². The van der Waals surface area contributed by atoms with Crippen molar-refractivity contribution in [3.63, 3.8) is 0 Å². The number of hydrogen-bond donors (Lipinski definition) is 1. The second-order valence-corrected chi connectivity index (χ2v) is 9.66. The lowest BCUT2D eigenvalue weighted by Crippen LogP contribution is -2.41. The van der Waals surface area contributed by atoms with Crippen molar-refractivity contribution in [1.29, 1.82) is 0 Å². The minimum absolute atomic E-state index is 0.0587. The molecule has 5 nitrogen and oxygen atoms in total. The van der Waals surface area contributed by atoms with Gasteiger partial charge in [0.2, 0.25) is 5.91 Å². The zero-order valence-electron chi connectivity index (χ0n) is 20.8. The molecule has 0 unspecified atom stereocenters. The first-order valence-electron chi connectivity index (χ1n) is 12.3. The summed E-state index contributed by atoms with van der Waals surface area (Å²) in [6, 6.07) is 24.0. The summed E-state index contributed by atoms with van der Waals surface area (Å²) in [5, 5.41) is 2.89. The first kappa shape index (κ1) is 24.5. The zero-order valence-corrected chi connectivity index (χ0v) is 20.8. The number of carbonyl (C=O) groups excluding carboxylic acids is 2. The lowest BCUT2D eigenvalue weighted by Gasteiger charge is -2.38. The van der Waals surface area contributed by atoms with Gasteiger partial charge in [0.05, 0.1) is 6.04 Å². The summed E-state index contributed by atoms with van der Waals surface area (Å²) in [5.74, 6) is 0.929. The molecule has 0 bridgehead atoms. The minimum atomic E-state index is -0.171. The summed E-state index contributed by atoms with van der Waals surface area (Å²) >= 11 is 0. The Morgan fingerprint density at radius 3 is 2.49 bits per heavy atom. The number of benzene rings is 3. The topological polar surface area (TPSA) is 58.6 Å². The van der Waals surface area contributed by atoms with Gasteiger partial charge in [-0.25, -0.2) is 0 Å². The van der Waals surface area contributed by atoms with Gasteiger partial charge < -0.3 is 15.0 Å². The van der Waals surface area contributed by atoms with Gasteiger partial charge in [0.25, 0.3) is 5.91 Å². The van der Waals surface area contributed by atoms with Gasteiger partial charge in [-0.15, -0.1) is 0 Å². The summed E-state index contributed by atoms with van der Waals surface area (Å²) in [6.45, 7) is 7.32. The first-order valence-corrected chi connectivity index (χ1v) is 12.3. The molecule has 1 N–H and O–H groups in total. The zero-order chi connectivity index (χ0) is 24.8. The highest BCUT2D eigenvalue weighted by Gasteiger charge is 2.32. The molecule has 35 heavy (non-hydrogen) atoms. The summed E-state index contributed by atoms with van der Waals surface area (Å²) < 4.78 is 5.87. The van der Waals surface area contributed by atoms with E-state index < -0.39 is 0 Å². The fourth-order valence-corrected chi connectivity index (χ4v) is 4.52. The number of nitrogens with zero attached hydrogens (tertiary/aromatic N) is 1. The molecule has 1 aliphatic rings. The molecule has 3 aromatic carbocycles. The van der Waals surface area contributed by atoms with Gasteiger partial charge >= 0.3 is 0 Å². The molecule has 0 fully saturated rings. The molecule has 4 rings (SSSR count). The molecule has 3 aromatic rings. The Kier molecular flexibility index (Phi) is 7.86. The van der Waals surface area contributed by atoms with Crippen LogP contribution in [0.2, 0.25) is 0 Å². The Morgan fingerprint density at radius 1 is 1.03 bits per heavy atom. The molecule has 1 heterocycles. The van der Waals surface area contributed by atoms with Crippen LogP contribution in [0, 0.1) is 12.8 Å². The number of nitrogens with one attached hydrogen (secondary N) is 1. The fourth-order valence-electron chi connectivity index (χ4n) is 4.52. The SMILES string of the molecule is Cc1ccc([C@@H]2c3cc(OCC(=O)NCc4ccccc4)ccc3CCN2C(=O)CC(C)C)cc1. The average molecular weight is 471 g/mol. The lowest BCUT2D eigenvalue weighted by atomic mass is 9.87. The van der Waals surface area contributed by atoms with E-state index in [9.17, 15) is 9.59 Å². The van der Waals surface area contributed by atoms with Gasteiger partial charge in [-0.05, 0) is 53.6 Å². The van der Waals surface area contributed by atoms with Gasteiger partial charge in [-0.3, -0.25) is 9.59 Å². The third-order valence-electron chi connectivity index (χ3n) is 6.34. The number of hydrogen-bond acceptors (Lipinski definition) is 3. The molecular formula is C30H34N2O3. The fraction of sp³-hybridized carbons (Fsp3) is 0.333. The maximum absolute atomic E-state index is 13.2. The van der Waals surface area contributed by atoms with Crippen molar-refractivity contribution in [3.05, 3.63) is 101 Å². The van der Waals surface area contributed by atoms with E-state index in [0.717, 1.165) is 23.1 Å². The summed E-state index contributed by atoms with van der Waals surface area (Å²) in [4.78, 5) is 27.6. The molecule has 0 saturated carbocycles. The van der Waals surface area contributed by atoms with Crippen LogP contribution in [0.25, 0.3) is 0 Å². The second-order valence-electron chi connectivity index (χ2n) is 9.66. The Balaban J connectivity index is 1.52. The predicted octanol–water partition coefficient (Wildman–Crippen LogP) is 5.21. The van der Waals surface area contributed by atoms with Crippen molar-refractivity contribution >= 4 is 11.8 Å². The molecule has 2 amide bonds. The molecule has 0 saturated heterocycles. The number of aryl methyl sites for hydroxylation is 1. The average Bonchev–Trinajstić information content (AvgIpc) is 2.86. The molecule has 1 aliphatic heterocycles. The normalized spacial score (nSPS) is 15.0. The van der Waals surface area contributed by atoms with Crippen LogP contribution in [-0.4, -0.2) is 29.9 Å². The van der Waals surface area contributed by atoms with Crippen LogP contribution < -0.4 is 10.1 Å². The Bertz CT molecular complexity index is 1160. The van der Waals surface area contributed by atoms with E-state index in [2.05, 4.69) is 56.4 Å². The Morgan fingerprint density at radius 2 is 1.77 bits per heavy atom. The molecule has 0 radical (unpaired) electrons. The molecule has 5 heteroatoms. The van der Waals surface area contributed by atoms with E-state index in [4.69, 9.17) is 4.74 Å². The van der Waals surface area contributed by atoms with Crippen molar-refractivity contribution in [1.82, 2.24) is 10.2 Å². The molecule has 182 valence electrons. The first-order chi connectivity index (χ1) is 16.9. The van der Waals surface area contributed by atoms with Crippen LogP contribution >= 0.6 is 0 Å². The van der Waals surface area contributed by atoms with Crippen molar-refractivity contribution in [2.75, 3.05) is 13.2 Å². The monoisotopic (exact) mass is 470 g/mol. The van der Waals surface area contributed by atoms with E-state index in [1.165, 1.54) is 11.1 Å². The second kappa shape index (κ2) is 11.2. The molecule has 1 atom stereocenters. The van der Waals surface area contributed by atoms with E-state index in [-0.39, 0.29) is 24.5 Å². The minimum Gasteiger partial charge on any atom is -0.484 e. The van der Waals surface area contributed by atoms with Crippen LogP contribution in [0.3, 0.4) is 0 Å². The van der Waals surface area contributed by atoms with Crippen molar-refractivity contribution in [2.45, 2.75) is 46.2 Å². The highest BCUT2D eigenvalue weighted by molar-refractivity contribution is 5.78. The number of ether oxygens (including phenoxy) is 1. The molecule has 0 aromatic heterocycles. The van der Waals surface area contributed by atoms with Crippen LogP contribution in [0.1, 0.15) is 54.1 Å². The van der Waals surface area contributed by atoms with Crippen molar-refractivity contribution in [2.24, 2.45) is 5.92 Å². The third kappa shape index (κ3) is 6.30. The smallest absolute Gasteiger partial charge is 0.258 e. The summed E-state index contributed by atoms with van der Waals surface area (Å²) in [6.07, 6.45) is 1.33. The van der Waals surface area contributed by atoms with Gasteiger partial charge in [-0.2, -0.15) is 0 Å². The van der Waals surface area contributed by atoms with Crippen LogP contribution in [0.5, 0.6) is 5.75 Å². The number of carbonyl (C=O) groups is 2. The number of amides is 2. The lowest BCUT2D eigenvalue weighted by molar-refractivity contribution is -0.134. The highest BCUT2D eigenvalue weighted by atomic mass is 16.5. The Hall–Kier alpha value is -3.60. The number of fused-ring (bicyclic) bond motifs is 1. The van der Waals surface area contributed by atoms with E-state index in [1.807, 2.05) is 47.4 Å². The molecule has 0 aliphatic carbocycles. The van der Waals surface area contributed by atoms with E-state index >= 15 is 0 Å². The third-order valence-corrected chi connectivity index (χ3v) is 6.34. The summed E-state index contributed by atoms with van der Waals surface area (Å²) in [7, 11) is 0. The van der Waals surface area contributed by atoms with E-state index in [0.29, 0.717) is 31.2 Å².